The molecule has 2 aromatic carbocycles. The first kappa shape index (κ1) is 19.9. The van der Waals surface area contributed by atoms with E-state index in [1.165, 1.54) is 0 Å². The molecule has 0 aromatic heterocycles. The number of anilines is 1. The third-order valence-corrected chi connectivity index (χ3v) is 6.55. The molecule has 0 bridgehead atoms. The summed E-state index contributed by atoms with van der Waals surface area (Å²) in [5.74, 6) is 1.09. The number of nitrogens with one attached hydrogen (secondary N) is 1. The molecule has 6 nitrogen and oxygen atoms in total. The van der Waals surface area contributed by atoms with Crippen molar-refractivity contribution >= 4 is 23.2 Å². The third kappa shape index (κ3) is 4.26. The van der Waals surface area contributed by atoms with Gasteiger partial charge in [0.15, 0.2) is 11.6 Å². The van der Waals surface area contributed by atoms with Crippen molar-refractivity contribution in [2.45, 2.75) is 37.7 Å². The fourth-order valence-corrected chi connectivity index (χ4v) is 4.46. The number of hydrogen-bond donors (Lipinski definition) is 1. The highest BCUT2D eigenvalue weighted by molar-refractivity contribution is 6.00. The zero-order valence-corrected chi connectivity index (χ0v) is 17.4. The standard InChI is InChI=1S/C25H26N2O4/c28-21-15-25(31-23-4-2-1-3-20(21)23)11-13-27(14-12-25)16-22(29)17-7-9-19(10-8-17)26-24(30)18-5-6-18/h1-4,7-10,18H,5-6,11-16H2,(H,26,30). The molecule has 1 saturated carbocycles. The van der Waals surface area contributed by atoms with Gasteiger partial charge in [0.05, 0.1) is 18.5 Å². The van der Waals surface area contributed by atoms with E-state index in [1.54, 1.807) is 24.3 Å². The number of para-hydroxylation sites is 1. The Morgan fingerprint density at radius 3 is 2.45 bits per heavy atom. The summed E-state index contributed by atoms with van der Waals surface area (Å²) in [4.78, 5) is 39.3. The van der Waals surface area contributed by atoms with E-state index in [4.69, 9.17) is 4.74 Å². The molecule has 2 heterocycles. The number of nitrogens with zero attached hydrogens (tertiary/aromatic N) is 1. The van der Waals surface area contributed by atoms with Crippen LogP contribution in [0.5, 0.6) is 5.75 Å². The first-order chi connectivity index (χ1) is 15.0. The number of benzene rings is 2. The van der Waals surface area contributed by atoms with Crippen molar-refractivity contribution in [1.82, 2.24) is 4.90 Å². The molecule has 6 heteroatoms. The van der Waals surface area contributed by atoms with Crippen molar-refractivity contribution in [3.8, 4) is 5.75 Å². The maximum absolute atomic E-state index is 12.7. The summed E-state index contributed by atoms with van der Waals surface area (Å²) in [6.07, 6.45) is 3.79. The van der Waals surface area contributed by atoms with Gasteiger partial charge in [0, 0.05) is 43.1 Å². The largest absolute Gasteiger partial charge is 0.486 e. The molecule has 1 saturated heterocycles. The first-order valence-corrected chi connectivity index (χ1v) is 11.0. The van der Waals surface area contributed by atoms with Gasteiger partial charge in [0.1, 0.15) is 11.4 Å². The average Bonchev–Trinajstić information content (AvgIpc) is 3.62. The van der Waals surface area contributed by atoms with Crippen molar-refractivity contribution in [1.29, 1.82) is 0 Å². The second kappa shape index (κ2) is 7.93. The molecule has 0 atom stereocenters. The molecule has 160 valence electrons. The van der Waals surface area contributed by atoms with Gasteiger partial charge in [-0.25, -0.2) is 0 Å². The number of carbonyl (C=O) groups is 3. The van der Waals surface area contributed by atoms with Crippen molar-refractivity contribution in [3.63, 3.8) is 0 Å². The average molecular weight is 418 g/mol. The number of ketones is 2. The van der Waals surface area contributed by atoms with Crippen LogP contribution in [0.25, 0.3) is 0 Å². The molecule has 2 aromatic rings. The van der Waals surface area contributed by atoms with E-state index in [-0.39, 0.29) is 23.4 Å². The van der Waals surface area contributed by atoms with Crippen molar-refractivity contribution in [2.75, 3.05) is 25.0 Å². The van der Waals surface area contributed by atoms with E-state index in [9.17, 15) is 14.4 Å². The fourth-order valence-electron chi connectivity index (χ4n) is 4.46. The highest BCUT2D eigenvalue weighted by Crippen LogP contribution is 2.39. The molecular formula is C25H26N2O4. The number of carbonyl (C=O) groups excluding carboxylic acids is 3. The quantitative estimate of drug-likeness (QED) is 0.749. The number of ether oxygens (including phenoxy) is 1. The summed E-state index contributed by atoms with van der Waals surface area (Å²) >= 11 is 0. The number of likely N-dealkylation sites (tertiary alicyclic amines) is 1. The van der Waals surface area contributed by atoms with Crippen LogP contribution in [-0.2, 0) is 4.79 Å². The lowest BCUT2D eigenvalue weighted by Crippen LogP contribution is -2.51. The minimum Gasteiger partial charge on any atom is -0.486 e. The van der Waals surface area contributed by atoms with Gasteiger partial charge >= 0.3 is 0 Å². The highest BCUT2D eigenvalue weighted by atomic mass is 16.5. The first-order valence-electron chi connectivity index (χ1n) is 11.0. The van der Waals surface area contributed by atoms with Gasteiger partial charge in [-0.1, -0.05) is 12.1 Å². The molecule has 0 unspecified atom stereocenters. The Morgan fingerprint density at radius 1 is 1.03 bits per heavy atom. The van der Waals surface area contributed by atoms with E-state index in [0.29, 0.717) is 29.8 Å². The van der Waals surface area contributed by atoms with Crippen LogP contribution in [0.4, 0.5) is 5.69 Å². The number of Topliss-reactive ketones (excluding diaryl/α,β-unsaturated/α-hetero) is 2. The summed E-state index contributed by atoms with van der Waals surface area (Å²) in [6, 6.07) is 14.6. The Bertz CT molecular complexity index is 1020. The SMILES string of the molecule is O=C(CN1CCC2(CC1)CC(=O)c1ccccc1O2)c1ccc(NC(=O)C2CC2)cc1. The van der Waals surface area contributed by atoms with Gasteiger partial charge < -0.3 is 10.1 Å². The number of rotatable bonds is 5. The lowest BCUT2D eigenvalue weighted by Gasteiger charge is -2.43. The Balaban J connectivity index is 1.16. The molecule has 31 heavy (non-hydrogen) atoms. The summed E-state index contributed by atoms with van der Waals surface area (Å²) in [7, 11) is 0. The molecule has 2 fully saturated rings. The molecule has 1 aliphatic carbocycles. The van der Waals surface area contributed by atoms with Crippen LogP contribution in [0.2, 0.25) is 0 Å². The predicted octanol–water partition coefficient (Wildman–Crippen LogP) is 3.72. The molecular weight excluding hydrogens is 392 g/mol. The molecule has 1 spiro atoms. The lowest BCUT2D eigenvalue weighted by atomic mass is 9.82. The van der Waals surface area contributed by atoms with Crippen LogP contribution in [0.1, 0.15) is 52.8 Å². The van der Waals surface area contributed by atoms with Crippen LogP contribution in [0, 0.1) is 5.92 Å². The number of hydrogen-bond acceptors (Lipinski definition) is 5. The number of amides is 1. The minimum atomic E-state index is -0.452. The smallest absolute Gasteiger partial charge is 0.227 e. The zero-order valence-electron chi connectivity index (χ0n) is 17.4. The van der Waals surface area contributed by atoms with Gasteiger partial charge in [-0.3, -0.25) is 19.3 Å². The molecule has 2 aliphatic heterocycles. The van der Waals surface area contributed by atoms with Gasteiger partial charge in [0.25, 0.3) is 0 Å². The van der Waals surface area contributed by atoms with E-state index in [1.807, 2.05) is 24.3 Å². The highest BCUT2D eigenvalue weighted by Gasteiger charge is 2.43. The summed E-state index contributed by atoms with van der Waals surface area (Å²) in [5.41, 5.74) is 1.59. The summed E-state index contributed by atoms with van der Waals surface area (Å²) in [5, 5.41) is 2.89. The van der Waals surface area contributed by atoms with E-state index >= 15 is 0 Å². The van der Waals surface area contributed by atoms with E-state index < -0.39 is 5.60 Å². The predicted molar refractivity (Wildman–Crippen MR) is 117 cm³/mol. The lowest BCUT2D eigenvalue weighted by molar-refractivity contribution is -0.117. The molecule has 1 amide bonds. The van der Waals surface area contributed by atoms with Gasteiger partial charge in [-0.2, -0.15) is 0 Å². The van der Waals surface area contributed by atoms with Gasteiger partial charge in [-0.05, 0) is 49.2 Å². The van der Waals surface area contributed by atoms with Crippen molar-refractivity contribution < 1.29 is 19.1 Å². The van der Waals surface area contributed by atoms with Crippen molar-refractivity contribution in [3.05, 3.63) is 59.7 Å². The second-order valence-corrected chi connectivity index (χ2v) is 8.92. The zero-order chi connectivity index (χ0) is 21.4. The topological polar surface area (TPSA) is 75.7 Å². The van der Waals surface area contributed by atoms with E-state index in [2.05, 4.69) is 10.2 Å². The Morgan fingerprint density at radius 2 is 1.74 bits per heavy atom. The second-order valence-electron chi connectivity index (χ2n) is 8.92. The van der Waals surface area contributed by atoms with Gasteiger partial charge in [-0.15, -0.1) is 0 Å². The molecule has 3 aliphatic rings. The number of fused-ring (bicyclic) bond motifs is 1. The molecule has 0 radical (unpaired) electrons. The number of piperidine rings is 1. The minimum absolute atomic E-state index is 0.0574. The van der Waals surface area contributed by atoms with Crippen molar-refractivity contribution in [2.24, 2.45) is 5.92 Å². The van der Waals surface area contributed by atoms with Crippen LogP contribution >= 0.6 is 0 Å². The van der Waals surface area contributed by atoms with Crippen LogP contribution in [-0.4, -0.2) is 47.6 Å². The normalized spacial score (nSPS) is 20.1. The Labute approximate surface area is 181 Å². The summed E-state index contributed by atoms with van der Waals surface area (Å²) in [6.45, 7) is 1.78. The van der Waals surface area contributed by atoms with E-state index in [0.717, 1.165) is 44.5 Å². The van der Waals surface area contributed by atoms with Crippen LogP contribution < -0.4 is 10.1 Å². The van der Waals surface area contributed by atoms with Crippen LogP contribution in [0.15, 0.2) is 48.5 Å². The maximum atomic E-state index is 12.7. The summed E-state index contributed by atoms with van der Waals surface area (Å²) < 4.78 is 6.27. The maximum Gasteiger partial charge on any atom is 0.227 e. The third-order valence-electron chi connectivity index (χ3n) is 6.55. The Kier molecular flexibility index (Phi) is 5.10. The monoisotopic (exact) mass is 418 g/mol. The van der Waals surface area contributed by atoms with Gasteiger partial charge in [0.2, 0.25) is 5.91 Å². The van der Waals surface area contributed by atoms with Crippen LogP contribution in [0.3, 0.4) is 0 Å². The molecule has 1 N–H and O–H groups in total. The fraction of sp³-hybridized carbons (Fsp3) is 0.400. The molecule has 5 rings (SSSR count). The Hall–Kier alpha value is -2.99.